The number of hydrogen-bond donors (Lipinski definition) is 1. The molecule has 1 aromatic heterocycles. The minimum Gasteiger partial charge on any atom is -0.493 e. The Balaban J connectivity index is 1.15. The minimum atomic E-state index is -0.793. The molecule has 4 heterocycles. The molecular weight excluding hydrogens is 759 g/mol. The highest BCUT2D eigenvalue weighted by molar-refractivity contribution is 6.42. The number of pyridine rings is 1. The number of piperazine rings is 1. The quantitative estimate of drug-likeness (QED) is 0.225. The normalized spacial score (nSPS) is 20.4. The Bertz CT molecular complexity index is 1830. The number of rotatable bonds is 14. The van der Waals surface area contributed by atoms with Crippen LogP contribution in [0.3, 0.4) is 0 Å². The number of hydrazine groups is 1. The van der Waals surface area contributed by atoms with Gasteiger partial charge in [-0.3, -0.25) is 29.7 Å². The molecule has 13 nitrogen and oxygen atoms in total. The fraction of sp³-hybridized carbons (Fsp3) is 0.512. The number of aromatic nitrogens is 1. The van der Waals surface area contributed by atoms with Crippen LogP contribution in [0.15, 0.2) is 54.7 Å². The molecule has 56 heavy (non-hydrogen) atoms. The Labute approximate surface area is 339 Å². The molecular formula is C41H52Cl2N6O7. The Kier molecular flexibility index (Phi) is 13.6. The number of carbonyl (C=O) groups excluding carboxylic acids is 3. The van der Waals surface area contributed by atoms with Crippen LogP contribution in [0, 0.1) is 0 Å². The van der Waals surface area contributed by atoms with Gasteiger partial charge in [0.1, 0.15) is 0 Å². The molecule has 1 atom stereocenters. The van der Waals surface area contributed by atoms with Crippen LogP contribution < -0.4 is 19.6 Å². The molecule has 15 heteroatoms. The largest absolute Gasteiger partial charge is 0.493 e. The topological polar surface area (TPSA) is 126 Å². The van der Waals surface area contributed by atoms with Crippen molar-refractivity contribution in [2.75, 3.05) is 93.4 Å². The lowest BCUT2D eigenvalue weighted by atomic mass is 9.73. The van der Waals surface area contributed by atoms with Gasteiger partial charge in [0.2, 0.25) is 11.7 Å². The summed E-state index contributed by atoms with van der Waals surface area (Å²) in [6.07, 6.45) is 4.46. The zero-order valence-corrected chi connectivity index (χ0v) is 34.2. The number of halogens is 2. The van der Waals surface area contributed by atoms with Crippen LogP contribution in [0.5, 0.6) is 17.2 Å². The zero-order valence-electron chi connectivity index (χ0n) is 32.7. The highest BCUT2D eigenvalue weighted by Crippen LogP contribution is 2.43. The van der Waals surface area contributed by atoms with Crippen LogP contribution in [-0.2, 0) is 25.2 Å². The molecule has 3 fully saturated rings. The van der Waals surface area contributed by atoms with Crippen molar-refractivity contribution in [1.29, 1.82) is 0 Å². The average molecular weight is 812 g/mol. The maximum Gasteiger partial charge on any atom is 0.320 e. The van der Waals surface area contributed by atoms with Crippen molar-refractivity contribution >= 4 is 41.0 Å². The van der Waals surface area contributed by atoms with Gasteiger partial charge >= 0.3 is 5.97 Å². The third-order valence-electron chi connectivity index (χ3n) is 11.6. The third kappa shape index (κ3) is 9.02. The number of ether oxygens (including phenoxy) is 4. The molecule has 1 unspecified atom stereocenters. The first-order valence-corrected chi connectivity index (χ1v) is 19.9. The molecule has 0 radical (unpaired) electrons. The summed E-state index contributed by atoms with van der Waals surface area (Å²) < 4.78 is 21.7. The van der Waals surface area contributed by atoms with Crippen molar-refractivity contribution in [3.63, 3.8) is 0 Å². The minimum absolute atomic E-state index is 0.0568. The zero-order chi connectivity index (χ0) is 39.9. The third-order valence-corrected chi connectivity index (χ3v) is 12.3. The van der Waals surface area contributed by atoms with E-state index in [0.717, 1.165) is 30.6 Å². The molecule has 3 aliphatic rings. The molecule has 302 valence electrons. The molecule has 3 aliphatic heterocycles. The highest BCUT2D eigenvalue weighted by atomic mass is 35.5. The van der Waals surface area contributed by atoms with Crippen molar-refractivity contribution < 1.29 is 33.3 Å². The van der Waals surface area contributed by atoms with Crippen LogP contribution in [-0.4, -0.2) is 136 Å². The summed E-state index contributed by atoms with van der Waals surface area (Å²) in [5.74, 6) is 0.839. The van der Waals surface area contributed by atoms with Gasteiger partial charge in [0.25, 0.3) is 5.91 Å². The van der Waals surface area contributed by atoms with Gasteiger partial charge in [0.15, 0.2) is 11.5 Å². The lowest BCUT2D eigenvalue weighted by molar-refractivity contribution is -0.145. The van der Waals surface area contributed by atoms with Crippen molar-refractivity contribution in [3.8, 4) is 17.2 Å². The Morgan fingerprint density at radius 3 is 2.14 bits per heavy atom. The van der Waals surface area contributed by atoms with Crippen LogP contribution >= 0.6 is 23.2 Å². The fourth-order valence-electron chi connectivity index (χ4n) is 8.28. The van der Waals surface area contributed by atoms with Crippen molar-refractivity contribution in [1.82, 2.24) is 30.1 Å². The van der Waals surface area contributed by atoms with Crippen LogP contribution in [0.1, 0.15) is 54.2 Å². The van der Waals surface area contributed by atoms with Crippen LogP contribution in [0.25, 0.3) is 0 Å². The molecule has 0 saturated carbocycles. The van der Waals surface area contributed by atoms with E-state index < -0.39 is 5.41 Å². The summed E-state index contributed by atoms with van der Waals surface area (Å²) in [6.45, 7) is 8.10. The molecule has 3 aromatic rings. The SMILES string of the molecule is CCOC(=O)CN1CCN(NC(=O)C2(c3ccccn3)CCN(CCC3(c4ccc(Cl)c(Cl)c4)CCN(C(=O)c4cc(OC)c(OC)c(OC)c4)C3)CC2)CC1. The van der Waals surface area contributed by atoms with Crippen LogP contribution in [0.4, 0.5) is 0 Å². The van der Waals surface area contributed by atoms with E-state index in [1.807, 2.05) is 51.2 Å². The summed E-state index contributed by atoms with van der Waals surface area (Å²) >= 11 is 13.0. The molecule has 0 spiro atoms. The monoisotopic (exact) mass is 810 g/mol. The van der Waals surface area contributed by atoms with E-state index in [2.05, 4.69) is 10.3 Å². The lowest BCUT2D eigenvalue weighted by Crippen LogP contribution is -2.60. The van der Waals surface area contributed by atoms with Gasteiger partial charge in [-0.15, -0.1) is 0 Å². The molecule has 0 aliphatic carbocycles. The van der Waals surface area contributed by atoms with Gasteiger partial charge in [-0.1, -0.05) is 35.3 Å². The Hall–Kier alpha value is -4.14. The van der Waals surface area contributed by atoms with Gasteiger partial charge in [-0.2, -0.15) is 0 Å². The van der Waals surface area contributed by atoms with E-state index in [1.165, 1.54) is 21.3 Å². The van der Waals surface area contributed by atoms with Crippen molar-refractivity contribution in [2.45, 2.75) is 43.4 Å². The smallest absolute Gasteiger partial charge is 0.320 e. The van der Waals surface area contributed by atoms with Crippen molar-refractivity contribution in [3.05, 3.63) is 81.6 Å². The molecule has 2 aromatic carbocycles. The predicted molar refractivity (Wildman–Crippen MR) is 214 cm³/mol. The number of amides is 2. The lowest BCUT2D eigenvalue weighted by Gasteiger charge is -2.43. The second kappa shape index (κ2) is 18.4. The average Bonchev–Trinajstić information content (AvgIpc) is 3.67. The van der Waals surface area contributed by atoms with Crippen LogP contribution in [0.2, 0.25) is 10.0 Å². The maximum absolute atomic E-state index is 14.3. The second-order valence-electron chi connectivity index (χ2n) is 14.7. The number of nitrogens with one attached hydrogen (secondary N) is 1. The predicted octanol–water partition coefficient (Wildman–Crippen LogP) is 4.83. The van der Waals surface area contributed by atoms with E-state index >= 15 is 0 Å². The van der Waals surface area contributed by atoms with Gasteiger partial charge in [0, 0.05) is 56.4 Å². The maximum atomic E-state index is 14.3. The Morgan fingerprint density at radius 2 is 1.54 bits per heavy atom. The first-order valence-electron chi connectivity index (χ1n) is 19.2. The summed E-state index contributed by atoms with van der Waals surface area (Å²) in [6, 6.07) is 14.9. The van der Waals surface area contributed by atoms with E-state index in [-0.39, 0.29) is 29.7 Å². The van der Waals surface area contributed by atoms with E-state index in [4.69, 9.17) is 47.1 Å². The fourth-order valence-corrected chi connectivity index (χ4v) is 8.57. The first-order chi connectivity index (χ1) is 27.0. The van der Waals surface area contributed by atoms with Gasteiger partial charge < -0.3 is 28.7 Å². The van der Waals surface area contributed by atoms with Gasteiger partial charge in [0.05, 0.1) is 55.6 Å². The number of esters is 1. The summed E-state index contributed by atoms with van der Waals surface area (Å²) in [7, 11) is 4.59. The molecule has 0 bridgehead atoms. The number of nitrogens with zero attached hydrogens (tertiary/aromatic N) is 5. The van der Waals surface area contributed by atoms with E-state index in [0.29, 0.717) is 105 Å². The Morgan fingerprint density at radius 1 is 0.821 bits per heavy atom. The van der Waals surface area contributed by atoms with Crippen molar-refractivity contribution in [2.24, 2.45) is 0 Å². The second-order valence-corrected chi connectivity index (χ2v) is 15.5. The van der Waals surface area contributed by atoms with Gasteiger partial charge in [-0.25, -0.2) is 5.01 Å². The number of likely N-dealkylation sites (tertiary alicyclic amines) is 2. The van der Waals surface area contributed by atoms with E-state index in [9.17, 15) is 14.4 Å². The standard InChI is InChI=1S/C41H52Cl2N6O7/c1-5-56-36(50)27-47-20-22-49(23-21-47)45-39(52)41(35-8-6-7-15-44-35)13-17-46(18-14-41)16-11-40(30-9-10-31(42)32(43)26-30)12-19-48(28-40)38(51)29-24-33(53-2)37(55-4)34(25-29)54-3/h6-10,15,24-26H,5,11-14,16-23,27-28H2,1-4H3,(H,45,52). The highest BCUT2D eigenvalue weighted by Gasteiger charge is 2.46. The van der Waals surface area contributed by atoms with E-state index in [1.54, 1.807) is 25.3 Å². The first kappa shape index (κ1) is 41.5. The number of hydrogen-bond acceptors (Lipinski definition) is 11. The molecule has 3 saturated heterocycles. The number of carbonyl (C=O) groups is 3. The number of benzene rings is 2. The summed E-state index contributed by atoms with van der Waals surface area (Å²) in [5.41, 5.74) is 4.29. The molecule has 2 amide bonds. The molecule has 1 N–H and O–H groups in total. The summed E-state index contributed by atoms with van der Waals surface area (Å²) in [4.78, 5) is 51.4. The number of piperidine rings is 1. The molecule has 6 rings (SSSR count). The van der Waals surface area contributed by atoms with Gasteiger partial charge in [-0.05, 0) is 94.2 Å². The summed E-state index contributed by atoms with van der Waals surface area (Å²) in [5, 5.41) is 2.91. The number of methoxy groups -OCH3 is 3.